The topological polar surface area (TPSA) is 117 Å². The van der Waals surface area contributed by atoms with Crippen molar-refractivity contribution in [2.45, 2.75) is 39.7 Å². The van der Waals surface area contributed by atoms with Crippen LogP contribution in [0.25, 0.3) is 0 Å². The van der Waals surface area contributed by atoms with Crippen molar-refractivity contribution >= 4 is 23.3 Å². The molecule has 0 aromatic heterocycles. The fraction of sp³-hybridized carbons (Fsp3) is 0.364. The number of hydrogen-bond acceptors (Lipinski definition) is 7. The van der Waals surface area contributed by atoms with Crippen LogP contribution in [-0.2, 0) is 9.53 Å². The molecule has 2 aromatic carbocycles. The lowest BCUT2D eigenvalue weighted by molar-refractivity contribution is -0.383. The molecule has 0 radical (unpaired) electrons. The van der Waals surface area contributed by atoms with Gasteiger partial charge in [0.15, 0.2) is 17.6 Å². The van der Waals surface area contributed by atoms with Crippen LogP contribution in [0.3, 0.4) is 0 Å². The summed E-state index contributed by atoms with van der Waals surface area (Å²) in [5, 5.41) is 13.5. The molecule has 9 heteroatoms. The molecule has 1 atom stereocenters. The number of anilines is 1. The average Bonchev–Trinajstić information content (AvgIpc) is 2.75. The number of ether oxygens (including phenoxy) is 3. The zero-order valence-electron chi connectivity index (χ0n) is 17.8. The van der Waals surface area contributed by atoms with Crippen molar-refractivity contribution in [3.05, 3.63) is 58.1 Å². The average molecular weight is 430 g/mol. The molecule has 1 unspecified atom stereocenters. The highest BCUT2D eigenvalue weighted by molar-refractivity contribution is 5.98. The molecule has 166 valence electrons. The standard InChI is InChI=1S/C22H26N2O7/c1-4-6-13-30-19-12-11-16(14-20(19)29-5-2)22(26)31-15(3)21(25)23-17-9-7-8-10-18(17)24(27)28/h7-12,14-15H,4-6,13H2,1-3H3,(H,23,25). The Balaban J connectivity index is 2.07. The van der Waals surface area contributed by atoms with E-state index in [0.717, 1.165) is 12.8 Å². The van der Waals surface area contributed by atoms with E-state index in [1.54, 1.807) is 12.1 Å². The molecule has 0 aliphatic rings. The van der Waals surface area contributed by atoms with E-state index in [1.165, 1.54) is 37.3 Å². The second-order valence-electron chi connectivity index (χ2n) is 6.61. The van der Waals surface area contributed by atoms with Gasteiger partial charge in [-0.15, -0.1) is 0 Å². The summed E-state index contributed by atoms with van der Waals surface area (Å²) in [4.78, 5) is 35.3. The zero-order valence-corrected chi connectivity index (χ0v) is 17.8. The van der Waals surface area contributed by atoms with E-state index in [1.807, 2.05) is 6.92 Å². The van der Waals surface area contributed by atoms with E-state index >= 15 is 0 Å². The maximum atomic E-state index is 12.5. The van der Waals surface area contributed by atoms with Crippen LogP contribution in [0.2, 0.25) is 0 Å². The van der Waals surface area contributed by atoms with E-state index in [9.17, 15) is 19.7 Å². The van der Waals surface area contributed by atoms with Gasteiger partial charge in [-0.25, -0.2) is 4.79 Å². The lowest BCUT2D eigenvalue weighted by atomic mass is 10.2. The Morgan fingerprint density at radius 3 is 2.52 bits per heavy atom. The van der Waals surface area contributed by atoms with Gasteiger partial charge in [0.1, 0.15) is 5.69 Å². The van der Waals surface area contributed by atoms with Gasteiger partial charge < -0.3 is 19.5 Å². The first-order valence-electron chi connectivity index (χ1n) is 10.0. The normalized spacial score (nSPS) is 11.3. The fourth-order valence-corrected chi connectivity index (χ4v) is 2.60. The summed E-state index contributed by atoms with van der Waals surface area (Å²) in [7, 11) is 0. The largest absolute Gasteiger partial charge is 0.490 e. The summed E-state index contributed by atoms with van der Waals surface area (Å²) in [6, 6.07) is 10.4. The van der Waals surface area contributed by atoms with E-state index in [0.29, 0.717) is 24.7 Å². The molecule has 9 nitrogen and oxygen atoms in total. The lowest BCUT2D eigenvalue weighted by Gasteiger charge is -2.15. The number of rotatable bonds is 11. The number of amides is 1. The number of esters is 1. The molecule has 0 saturated heterocycles. The predicted molar refractivity (Wildman–Crippen MR) is 115 cm³/mol. The van der Waals surface area contributed by atoms with Crippen LogP contribution in [0.4, 0.5) is 11.4 Å². The molecule has 0 heterocycles. The Labute approximate surface area is 180 Å². The van der Waals surface area contributed by atoms with Crippen LogP contribution < -0.4 is 14.8 Å². The van der Waals surface area contributed by atoms with Gasteiger partial charge in [0.05, 0.1) is 23.7 Å². The number of nitrogens with zero attached hydrogens (tertiary/aromatic N) is 1. The van der Waals surface area contributed by atoms with Crippen LogP contribution >= 0.6 is 0 Å². The third kappa shape index (κ3) is 6.70. The minimum atomic E-state index is -1.18. The number of carbonyl (C=O) groups excluding carboxylic acids is 2. The summed E-state index contributed by atoms with van der Waals surface area (Å²) in [5.74, 6) is -0.488. The Hall–Kier alpha value is -3.62. The molecule has 31 heavy (non-hydrogen) atoms. The fourth-order valence-electron chi connectivity index (χ4n) is 2.60. The van der Waals surface area contributed by atoms with Gasteiger partial charge in [-0.3, -0.25) is 14.9 Å². The van der Waals surface area contributed by atoms with Crippen molar-refractivity contribution in [1.29, 1.82) is 0 Å². The van der Waals surface area contributed by atoms with E-state index in [-0.39, 0.29) is 16.9 Å². The molecular weight excluding hydrogens is 404 g/mol. The first kappa shape index (κ1) is 23.7. The minimum Gasteiger partial charge on any atom is -0.490 e. The quantitative estimate of drug-likeness (QED) is 0.244. The monoisotopic (exact) mass is 430 g/mol. The molecule has 2 aromatic rings. The number of para-hydroxylation sites is 2. The van der Waals surface area contributed by atoms with Gasteiger partial charge in [-0.2, -0.15) is 0 Å². The van der Waals surface area contributed by atoms with Crippen molar-refractivity contribution in [2.75, 3.05) is 18.5 Å². The predicted octanol–water partition coefficient (Wildman–Crippen LogP) is 4.36. The summed E-state index contributed by atoms with van der Waals surface area (Å²) in [6.45, 7) is 6.17. The molecule has 0 spiro atoms. The van der Waals surface area contributed by atoms with Gasteiger partial charge in [-0.1, -0.05) is 25.5 Å². The molecule has 0 bridgehead atoms. The minimum absolute atomic E-state index is 0.0209. The number of nitro benzene ring substituents is 1. The van der Waals surface area contributed by atoms with Crippen LogP contribution in [0.5, 0.6) is 11.5 Å². The Kier molecular flexibility index (Phi) is 8.80. The zero-order chi connectivity index (χ0) is 22.8. The molecule has 0 fully saturated rings. The highest BCUT2D eigenvalue weighted by atomic mass is 16.6. The van der Waals surface area contributed by atoms with Crippen molar-refractivity contribution in [3.8, 4) is 11.5 Å². The van der Waals surface area contributed by atoms with E-state index in [2.05, 4.69) is 12.2 Å². The molecular formula is C22H26N2O7. The Bertz CT molecular complexity index is 930. The molecule has 2 rings (SSSR count). The summed E-state index contributed by atoms with van der Waals surface area (Å²) in [5.41, 5.74) is -0.0429. The van der Waals surface area contributed by atoms with Gasteiger partial charge in [0.2, 0.25) is 0 Å². The number of nitrogens with one attached hydrogen (secondary N) is 1. The third-order valence-electron chi connectivity index (χ3n) is 4.25. The van der Waals surface area contributed by atoms with Crippen molar-refractivity contribution in [2.24, 2.45) is 0 Å². The molecule has 0 saturated carbocycles. The Morgan fingerprint density at radius 2 is 1.84 bits per heavy atom. The molecule has 0 aliphatic heterocycles. The first-order chi connectivity index (χ1) is 14.9. The van der Waals surface area contributed by atoms with Crippen molar-refractivity contribution < 1.29 is 28.7 Å². The SMILES string of the molecule is CCCCOc1ccc(C(=O)OC(C)C(=O)Nc2ccccc2[N+](=O)[O-])cc1OCC. The molecule has 1 amide bonds. The van der Waals surface area contributed by atoms with Crippen LogP contribution in [0.15, 0.2) is 42.5 Å². The number of unbranched alkanes of at least 4 members (excludes halogenated alkanes) is 1. The lowest BCUT2D eigenvalue weighted by Crippen LogP contribution is -2.30. The summed E-state index contributed by atoms with van der Waals surface area (Å²) in [6.07, 6.45) is 0.700. The number of nitro groups is 1. The Morgan fingerprint density at radius 1 is 1.10 bits per heavy atom. The third-order valence-corrected chi connectivity index (χ3v) is 4.25. The van der Waals surface area contributed by atoms with Gasteiger partial charge in [0, 0.05) is 6.07 Å². The number of benzene rings is 2. The maximum absolute atomic E-state index is 12.5. The van der Waals surface area contributed by atoms with Gasteiger partial charge in [0.25, 0.3) is 11.6 Å². The summed E-state index contributed by atoms with van der Waals surface area (Å²) < 4.78 is 16.5. The maximum Gasteiger partial charge on any atom is 0.339 e. The highest BCUT2D eigenvalue weighted by Gasteiger charge is 2.23. The second kappa shape index (κ2) is 11.5. The first-order valence-corrected chi connectivity index (χ1v) is 10.0. The van der Waals surface area contributed by atoms with Gasteiger partial charge >= 0.3 is 5.97 Å². The van der Waals surface area contributed by atoms with Crippen molar-refractivity contribution in [1.82, 2.24) is 0 Å². The van der Waals surface area contributed by atoms with E-state index < -0.39 is 22.9 Å². The molecule has 1 N–H and O–H groups in total. The number of carbonyl (C=O) groups is 2. The van der Waals surface area contributed by atoms with Gasteiger partial charge in [-0.05, 0) is 44.5 Å². The van der Waals surface area contributed by atoms with Crippen molar-refractivity contribution in [3.63, 3.8) is 0 Å². The van der Waals surface area contributed by atoms with Crippen LogP contribution in [-0.4, -0.2) is 36.1 Å². The van der Waals surface area contributed by atoms with E-state index in [4.69, 9.17) is 14.2 Å². The smallest absolute Gasteiger partial charge is 0.339 e. The summed E-state index contributed by atoms with van der Waals surface area (Å²) >= 11 is 0. The number of hydrogen-bond donors (Lipinski definition) is 1. The highest BCUT2D eigenvalue weighted by Crippen LogP contribution is 2.29. The molecule has 0 aliphatic carbocycles. The van der Waals surface area contributed by atoms with Crippen LogP contribution in [0.1, 0.15) is 44.0 Å². The second-order valence-corrected chi connectivity index (χ2v) is 6.61. The van der Waals surface area contributed by atoms with Crippen LogP contribution in [0, 0.1) is 10.1 Å².